The zero-order valence-corrected chi connectivity index (χ0v) is 12.0. The van der Waals surface area contributed by atoms with Crippen LogP contribution in [0.25, 0.3) is 0 Å². The van der Waals surface area contributed by atoms with E-state index in [1.54, 1.807) is 26.0 Å². The van der Waals surface area contributed by atoms with Crippen LogP contribution in [-0.2, 0) is 21.2 Å². The highest BCUT2D eigenvalue weighted by atomic mass is 35.5. The second-order valence-electron chi connectivity index (χ2n) is 3.77. The van der Waals surface area contributed by atoms with Crippen LogP contribution in [0.15, 0.2) is 29.2 Å². The summed E-state index contributed by atoms with van der Waals surface area (Å²) in [6.45, 7) is 4.45. The van der Waals surface area contributed by atoms with Gasteiger partial charge in [-0.3, -0.25) is 4.79 Å². The Balaban J connectivity index is 3.01. The molecule has 0 unspecified atom stereocenters. The standard InChI is InChI=1S/C12H16ClNO3S/c1-3-14(4-2)18(16,17)11-7-5-10(6-8-11)9-12(13)15/h5-8H,3-4,9H2,1-2H3. The maximum absolute atomic E-state index is 12.2. The lowest BCUT2D eigenvalue weighted by Gasteiger charge is -2.18. The van der Waals surface area contributed by atoms with Crippen molar-refractivity contribution >= 4 is 26.9 Å². The van der Waals surface area contributed by atoms with E-state index >= 15 is 0 Å². The number of hydrogen-bond acceptors (Lipinski definition) is 3. The third kappa shape index (κ3) is 3.54. The summed E-state index contributed by atoms with van der Waals surface area (Å²) < 4.78 is 25.7. The van der Waals surface area contributed by atoms with Crippen molar-refractivity contribution < 1.29 is 13.2 Å². The van der Waals surface area contributed by atoms with Crippen molar-refractivity contribution in [1.29, 1.82) is 0 Å². The number of benzene rings is 1. The van der Waals surface area contributed by atoms with Crippen LogP contribution in [-0.4, -0.2) is 31.1 Å². The van der Waals surface area contributed by atoms with E-state index in [1.807, 2.05) is 0 Å². The Morgan fingerprint density at radius 2 is 1.67 bits per heavy atom. The molecule has 1 rings (SSSR count). The molecule has 0 bridgehead atoms. The van der Waals surface area contributed by atoms with Gasteiger partial charge >= 0.3 is 0 Å². The molecule has 0 saturated carbocycles. The fourth-order valence-corrected chi connectivity index (χ4v) is 3.26. The first kappa shape index (κ1) is 15.1. The Labute approximate surface area is 113 Å². The Kier molecular flexibility index (Phi) is 5.31. The smallest absolute Gasteiger partial charge is 0.243 e. The summed E-state index contributed by atoms with van der Waals surface area (Å²) in [5.41, 5.74) is 0.702. The highest BCUT2D eigenvalue weighted by Gasteiger charge is 2.21. The molecule has 0 saturated heterocycles. The number of sulfonamides is 1. The second kappa shape index (κ2) is 6.31. The number of carbonyl (C=O) groups is 1. The molecule has 0 aromatic heterocycles. The predicted octanol–water partition coefficient (Wildman–Crippen LogP) is 2.03. The minimum atomic E-state index is -3.43. The highest BCUT2D eigenvalue weighted by molar-refractivity contribution is 7.89. The molecule has 0 atom stereocenters. The van der Waals surface area contributed by atoms with E-state index in [0.29, 0.717) is 18.7 Å². The Morgan fingerprint density at radius 3 is 2.06 bits per heavy atom. The van der Waals surface area contributed by atoms with E-state index in [0.717, 1.165) is 0 Å². The molecule has 0 heterocycles. The molecule has 0 radical (unpaired) electrons. The lowest BCUT2D eigenvalue weighted by molar-refractivity contribution is -0.111. The van der Waals surface area contributed by atoms with Crippen molar-refractivity contribution in [2.24, 2.45) is 0 Å². The van der Waals surface area contributed by atoms with E-state index in [2.05, 4.69) is 0 Å². The third-order valence-electron chi connectivity index (χ3n) is 2.61. The number of rotatable bonds is 6. The van der Waals surface area contributed by atoms with Crippen molar-refractivity contribution in [3.63, 3.8) is 0 Å². The van der Waals surface area contributed by atoms with Gasteiger partial charge in [0.05, 0.1) is 4.90 Å². The zero-order chi connectivity index (χ0) is 13.8. The molecular weight excluding hydrogens is 274 g/mol. The van der Waals surface area contributed by atoms with Gasteiger partial charge in [0.1, 0.15) is 0 Å². The third-order valence-corrected chi connectivity index (χ3v) is 4.81. The molecule has 4 nitrogen and oxygen atoms in total. The predicted molar refractivity (Wildman–Crippen MR) is 71.1 cm³/mol. The van der Waals surface area contributed by atoms with Crippen LogP contribution in [0.4, 0.5) is 0 Å². The number of nitrogens with zero attached hydrogens (tertiary/aromatic N) is 1. The molecule has 1 aromatic carbocycles. The maximum Gasteiger partial charge on any atom is 0.243 e. The molecule has 0 aliphatic rings. The number of carbonyl (C=O) groups excluding carboxylic acids is 1. The van der Waals surface area contributed by atoms with Gasteiger partial charge in [0, 0.05) is 19.5 Å². The molecule has 18 heavy (non-hydrogen) atoms. The lowest BCUT2D eigenvalue weighted by Crippen LogP contribution is -2.30. The number of hydrogen-bond donors (Lipinski definition) is 0. The van der Waals surface area contributed by atoms with Crippen LogP contribution >= 0.6 is 11.6 Å². The first-order valence-corrected chi connectivity index (χ1v) is 7.51. The van der Waals surface area contributed by atoms with Gasteiger partial charge < -0.3 is 0 Å². The Morgan fingerprint density at radius 1 is 1.17 bits per heavy atom. The van der Waals surface area contributed by atoms with Gasteiger partial charge in [0.25, 0.3) is 0 Å². The van der Waals surface area contributed by atoms with E-state index in [9.17, 15) is 13.2 Å². The molecule has 0 N–H and O–H groups in total. The quantitative estimate of drug-likeness (QED) is 0.753. The van der Waals surface area contributed by atoms with Gasteiger partial charge in [-0.05, 0) is 29.3 Å². The van der Waals surface area contributed by atoms with Gasteiger partial charge in [-0.2, -0.15) is 4.31 Å². The molecule has 1 aromatic rings. The molecule has 6 heteroatoms. The van der Waals surface area contributed by atoms with E-state index in [4.69, 9.17) is 11.6 Å². The van der Waals surface area contributed by atoms with E-state index in [-0.39, 0.29) is 11.3 Å². The van der Waals surface area contributed by atoms with Crippen molar-refractivity contribution in [1.82, 2.24) is 4.31 Å². The normalized spacial score (nSPS) is 11.8. The first-order valence-electron chi connectivity index (χ1n) is 5.69. The number of halogens is 1. The molecule has 0 amide bonds. The second-order valence-corrected chi connectivity index (χ2v) is 6.12. The maximum atomic E-state index is 12.2. The van der Waals surface area contributed by atoms with Crippen LogP contribution < -0.4 is 0 Å². The van der Waals surface area contributed by atoms with Crippen LogP contribution in [0.3, 0.4) is 0 Å². The van der Waals surface area contributed by atoms with Gasteiger partial charge in [-0.15, -0.1) is 0 Å². The van der Waals surface area contributed by atoms with Crippen molar-refractivity contribution in [3.8, 4) is 0 Å². The fourth-order valence-electron chi connectivity index (χ4n) is 1.65. The molecule has 100 valence electrons. The first-order chi connectivity index (χ1) is 8.41. The average Bonchev–Trinajstić information content (AvgIpc) is 2.30. The molecular formula is C12H16ClNO3S. The molecule has 0 spiro atoms. The summed E-state index contributed by atoms with van der Waals surface area (Å²) in [6.07, 6.45) is 0.104. The van der Waals surface area contributed by atoms with Gasteiger partial charge in [-0.1, -0.05) is 26.0 Å². The van der Waals surface area contributed by atoms with Crippen LogP contribution in [0, 0.1) is 0 Å². The van der Waals surface area contributed by atoms with Crippen molar-refractivity contribution in [3.05, 3.63) is 29.8 Å². The molecule has 0 fully saturated rings. The van der Waals surface area contributed by atoms with Crippen molar-refractivity contribution in [2.75, 3.05) is 13.1 Å². The topological polar surface area (TPSA) is 54.5 Å². The zero-order valence-electron chi connectivity index (χ0n) is 10.4. The lowest BCUT2D eigenvalue weighted by atomic mass is 10.2. The van der Waals surface area contributed by atoms with Gasteiger partial charge in [0.2, 0.25) is 15.3 Å². The van der Waals surface area contributed by atoms with Crippen LogP contribution in [0.5, 0.6) is 0 Å². The monoisotopic (exact) mass is 289 g/mol. The highest BCUT2D eigenvalue weighted by Crippen LogP contribution is 2.16. The van der Waals surface area contributed by atoms with Crippen molar-refractivity contribution in [2.45, 2.75) is 25.2 Å². The summed E-state index contributed by atoms with van der Waals surface area (Å²) >= 11 is 5.27. The largest absolute Gasteiger partial charge is 0.281 e. The van der Waals surface area contributed by atoms with Crippen LogP contribution in [0.1, 0.15) is 19.4 Å². The van der Waals surface area contributed by atoms with Gasteiger partial charge in [-0.25, -0.2) is 8.42 Å². The summed E-state index contributed by atoms with van der Waals surface area (Å²) in [5, 5.41) is -0.464. The summed E-state index contributed by atoms with van der Waals surface area (Å²) in [4.78, 5) is 11.0. The Hall–Kier alpha value is -0.910. The summed E-state index contributed by atoms with van der Waals surface area (Å²) in [6, 6.07) is 6.22. The molecule has 0 aliphatic carbocycles. The van der Waals surface area contributed by atoms with Crippen LogP contribution in [0.2, 0.25) is 0 Å². The minimum absolute atomic E-state index is 0.104. The summed E-state index contributed by atoms with van der Waals surface area (Å²) in [5.74, 6) is 0. The molecule has 0 aliphatic heterocycles. The SMILES string of the molecule is CCN(CC)S(=O)(=O)c1ccc(CC(=O)Cl)cc1. The van der Waals surface area contributed by atoms with E-state index < -0.39 is 15.3 Å². The average molecular weight is 290 g/mol. The van der Waals surface area contributed by atoms with E-state index in [1.165, 1.54) is 16.4 Å². The minimum Gasteiger partial charge on any atom is -0.281 e. The summed E-state index contributed by atoms with van der Waals surface area (Å²) in [7, 11) is -3.43. The Bertz CT molecular complexity index is 507. The van der Waals surface area contributed by atoms with Gasteiger partial charge in [0.15, 0.2) is 0 Å². The fraction of sp³-hybridized carbons (Fsp3) is 0.417.